The van der Waals surface area contributed by atoms with Gasteiger partial charge in [0.2, 0.25) is 0 Å². The fourth-order valence-corrected chi connectivity index (χ4v) is 2.93. The number of hydrogen-bond donors (Lipinski definition) is 1. The molecule has 1 heterocycles. The summed E-state index contributed by atoms with van der Waals surface area (Å²) in [5.41, 5.74) is 3.00. The maximum absolute atomic E-state index is 14.4. The number of benzene rings is 2. The zero-order valence-electron chi connectivity index (χ0n) is 13.4. The summed E-state index contributed by atoms with van der Waals surface area (Å²) < 4.78 is 20.5. The van der Waals surface area contributed by atoms with Gasteiger partial charge in [-0.25, -0.2) is 4.39 Å². The number of pyridine rings is 1. The summed E-state index contributed by atoms with van der Waals surface area (Å²) in [6.07, 6.45) is 3.37. The van der Waals surface area contributed by atoms with Crippen LogP contribution in [0.1, 0.15) is 5.56 Å². The number of anilines is 1. The van der Waals surface area contributed by atoms with Crippen LogP contribution < -0.4 is 10.1 Å². The Kier molecular flexibility index (Phi) is 5.56. The lowest BCUT2D eigenvalue weighted by atomic mass is 10.0. The second kappa shape index (κ2) is 7.85. The molecule has 0 saturated heterocycles. The number of nitrogens with zero attached hydrogens (tertiary/aromatic N) is 1. The molecule has 0 atom stereocenters. The van der Waals surface area contributed by atoms with Crippen molar-refractivity contribution in [2.24, 2.45) is 0 Å². The Bertz CT molecular complexity index is 890. The van der Waals surface area contributed by atoms with Crippen molar-refractivity contribution in [1.82, 2.24) is 4.98 Å². The van der Waals surface area contributed by atoms with Crippen LogP contribution in [0.3, 0.4) is 0 Å². The molecule has 2 aromatic carbocycles. The van der Waals surface area contributed by atoms with Gasteiger partial charge in [0.1, 0.15) is 11.6 Å². The van der Waals surface area contributed by atoms with Gasteiger partial charge >= 0.3 is 0 Å². The van der Waals surface area contributed by atoms with E-state index in [1.54, 1.807) is 37.7 Å². The molecule has 0 radical (unpaired) electrons. The van der Waals surface area contributed by atoms with E-state index in [-0.39, 0.29) is 5.82 Å². The normalized spacial score (nSPS) is 10.6. The number of methoxy groups -OCH3 is 1. The molecule has 3 rings (SSSR count). The second-order valence-electron chi connectivity index (χ2n) is 5.36. The Hall–Kier alpha value is -2.11. The molecular formula is C19H15BrClFN2O. The molecule has 3 aromatic rings. The predicted octanol–water partition coefficient (Wildman–Crippen LogP) is 5.92. The van der Waals surface area contributed by atoms with Crippen LogP contribution in [0.4, 0.5) is 10.1 Å². The van der Waals surface area contributed by atoms with Crippen LogP contribution in [-0.2, 0) is 6.54 Å². The van der Waals surface area contributed by atoms with Gasteiger partial charge in [-0.05, 0) is 57.4 Å². The highest BCUT2D eigenvalue weighted by atomic mass is 79.9. The maximum Gasteiger partial charge on any atom is 0.143 e. The average molecular weight is 422 g/mol. The molecule has 0 amide bonds. The van der Waals surface area contributed by atoms with Crippen molar-refractivity contribution in [1.29, 1.82) is 0 Å². The van der Waals surface area contributed by atoms with Gasteiger partial charge in [-0.15, -0.1) is 0 Å². The third-order valence-electron chi connectivity index (χ3n) is 3.78. The first kappa shape index (κ1) is 17.7. The molecular weight excluding hydrogens is 407 g/mol. The van der Waals surface area contributed by atoms with Crippen molar-refractivity contribution >= 4 is 33.2 Å². The van der Waals surface area contributed by atoms with E-state index < -0.39 is 0 Å². The summed E-state index contributed by atoms with van der Waals surface area (Å²) in [4.78, 5) is 3.97. The summed E-state index contributed by atoms with van der Waals surface area (Å²) in [6, 6.07) is 12.4. The van der Waals surface area contributed by atoms with E-state index in [2.05, 4.69) is 26.2 Å². The number of hydrogen-bond acceptors (Lipinski definition) is 3. The van der Waals surface area contributed by atoms with E-state index in [0.29, 0.717) is 28.6 Å². The number of ether oxygens (including phenoxy) is 1. The largest absolute Gasteiger partial charge is 0.495 e. The van der Waals surface area contributed by atoms with E-state index >= 15 is 0 Å². The first-order valence-corrected chi connectivity index (χ1v) is 8.71. The molecule has 6 heteroatoms. The highest BCUT2D eigenvalue weighted by Crippen LogP contribution is 2.34. The van der Waals surface area contributed by atoms with Crippen molar-refractivity contribution in [2.45, 2.75) is 6.54 Å². The monoisotopic (exact) mass is 420 g/mol. The third-order valence-corrected chi connectivity index (χ3v) is 4.98. The van der Waals surface area contributed by atoms with Gasteiger partial charge < -0.3 is 10.1 Å². The Morgan fingerprint density at radius 3 is 2.56 bits per heavy atom. The summed E-state index contributed by atoms with van der Waals surface area (Å²) in [5.74, 6) is 0.356. The van der Waals surface area contributed by atoms with Crippen LogP contribution >= 0.6 is 27.5 Å². The molecule has 0 aliphatic heterocycles. The lowest BCUT2D eigenvalue weighted by Crippen LogP contribution is -2.03. The van der Waals surface area contributed by atoms with Gasteiger partial charge in [0.25, 0.3) is 0 Å². The molecule has 0 saturated carbocycles. The van der Waals surface area contributed by atoms with Crippen LogP contribution in [0.15, 0.2) is 59.3 Å². The van der Waals surface area contributed by atoms with Crippen molar-refractivity contribution in [2.75, 3.05) is 12.4 Å². The Morgan fingerprint density at radius 1 is 1.12 bits per heavy atom. The minimum absolute atomic E-state index is 0.274. The number of nitrogens with one attached hydrogen (secondary N) is 1. The fourth-order valence-electron chi connectivity index (χ4n) is 2.44. The lowest BCUT2D eigenvalue weighted by molar-refractivity contribution is 0.416. The molecule has 128 valence electrons. The Balaban J connectivity index is 1.79. The number of halogens is 3. The molecule has 1 N–H and O–H groups in total. The molecule has 0 fully saturated rings. The highest BCUT2D eigenvalue weighted by Gasteiger charge is 2.10. The first-order valence-electron chi connectivity index (χ1n) is 7.54. The van der Waals surface area contributed by atoms with E-state index in [9.17, 15) is 4.39 Å². The second-order valence-corrected chi connectivity index (χ2v) is 6.62. The van der Waals surface area contributed by atoms with Crippen molar-refractivity contribution in [3.63, 3.8) is 0 Å². The summed E-state index contributed by atoms with van der Waals surface area (Å²) in [7, 11) is 1.57. The standard InChI is InChI=1S/C19H15BrClFN2O/c1-25-19-9-15(20)16(21)10-18(19)24-11-14-3-2-13(8-17(14)22)12-4-6-23-7-5-12/h2-10,24H,11H2,1H3. The molecule has 0 unspecified atom stereocenters. The molecule has 0 spiro atoms. The molecule has 1 aromatic heterocycles. The lowest BCUT2D eigenvalue weighted by Gasteiger charge is -2.13. The van der Waals surface area contributed by atoms with Gasteiger partial charge in [0.05, 0.1) is 17.8 Å². The average Bonchev–Trinajstić information content (AvgIpc) is 2.63. The van der Waals surface area contributed by atoms with E-state index in [0.717, 1.165) is 15.6 Å². The van der Waals surface area contributed by atoms with E-state index in [1.165, 1.54) is 6.07 Å². The summed E-state index contributed by atoms with van der Waals surface area (Å²) >= 11 is 9.48. The van der Waals surface area contributed by atoms with Crippen LogP contribution in [-0.4, -0.2) is 12.1 Å². The molecule has 0 bridgehead atoms. The predicted molar refractivity (Wildman–Crippen MR) is 103 cm³/mol. The smallest absolute Gasteiger partial charge is 0.143 e. The number of rotatable bonds is 5. The minimum atomic E-state index is -0.274. The van der Waals surface area contributed by atoms with Gasteiger partial charge in [0.15, 0.2) is 0 Å². The molecule has 0 aliphatic rings. The summed E-state index contributed by atoms with van der Waals surface area (Å²) in [6.45, 7) is 0.316. The van der Waals surface area contributed by atoms with Gasteiger partial charge in [-0.1, -0.05) is 23.7 Å². The van der Waals surface area contributed by atoms with E-state index in [4.69, 9.17) is 16.3 Å². The topological polar surface area (TPSA) is 34.1 Å². The van der Waals surface area contributed by atoms with Crippen LogP contribution in [0.2, 0.25) is 5.02 Å². The molecule has 3 nitrogen and oxygen atoms in total. The van der Waals surface area contributed by atoms with Crippen LogP contribution in [0.25, 0.3) is 11.1 Å². The third kappa shape index (κ3) is 4.11. The van der Waals surface area contributed by atoms with Gasteiger partial charge in [-0.3, -0.25) is 4.98 Å². The maximum atomic E-state index is 14.4. The van der Waals surface area contributed by atoms with Gasteiger partial charge in [-0.2, -0.15) is 0 Å². The van der Waals surface area contributed by atoms with E-state index in [1.807, 2.05) is 18.2 Å². The fraction of sp³-hybridized carbons (Fsp3) is 0.105. The SMILES string of the molecule is COc1cc(Br)c(Cl)cc1NCc1ccc(-c2ccncc2)cc1F. The van der Waals surface area contributed by atoms with Gasteiger partial charge in [0, 0.05) is 29.0 Å². The highest BCUT2D eigenvalue weighted by molar-refractivity contribution is 9.10. The zero-order chi connectivity index (χ0) is 17.8. The van der Waals surface area contributed by atoms with Crippen molar-refractivity contribution < 1.29 is 9.13 Å². The quantitative estimate of drug-likeness (QED) is 0.555. The zero-order valence-corrected chi connectivity index (χ0v) is 15.7. The first-order chi connectivity index (χ1) is 12.1. The Labute approximate surface area is 158 Å². The summed E-state index contributed by atoms with van der Waals surface area (Å²) in [5, 5.41) is 3.72. The number of aromatic nitrogens is 1. The minimum Gasteiger partial charge on any atom is -0.495 e. The van der Waals surface area contributed by atoms with Crippen LogP contribution in [0, 0.1) is 5.82 Å². The van der Waals surface area contributed by atoms with Crippen molar-refractivity contribution in [3.05, 3.63) is 75.7 Å². The molecule has 0 aliphatic carbocycles. The van der Waals surface area contributed by atoms with Crippen molar-refractivity contribution in [3.8, 4) is 16.9 Å². The molecule has 25 heavy (non-hydrogen) atoms. The van der Waals surface area contributed by atoms with Crippen LogP contribution in [0.5, 0.6) is 5.75 Å². The Morgan fingerprint density at radius 2 is 1.88 bits per heavy atom.